The average Bonchev–Trinajstić information content (AvgIpc) is 2.15. The average molecular weight is 314 g/mol. The van der Waals surface area contributed by atoms with Crippen LogP contribution in [-0.4, -0.2) is 17.0 Å². The lowest BCUT2D eigenvalue weighted by Crippen LogP contribution is -2.09. The van der Waals surface area contributed by atoms with Gasteiger partial charge in [0.2, 0.25) is 0 Å². The molecule has 0 bridgehead atoms. The molecule has 1 aromatic carbocycles. The smallest absolute Gasteiger partial charge is 0.143 e. The Kier molecular flexibility index (Phi) is 4.71. The molecule has 2 atom stereocenters. The highest BCUT2D eigenvalue weighted by Crippen LogP contribution is 2.37. The number of alkyl halides is 1. The molecule has 0 fully saturated rings. The third kappa shape index (κ3) is 3.00. The third-order valence-corrected chi connectivity index (χ3v) is 2.99. The fourth-order valence-corrected chi connectivity index (χ4v) is 2.13. The van der Waals surface area contributed by atoms with Crippen molar-refractivity contribution in [1.29, 1.82) is 0 Å². The number of hydrogen-bond acceptors (Lipinski definition) is 2. The van der Waals surface area contributed by atoms with E-state index in [1.807, 2.05) is 6.92 Å². The van der Waals surface area contributed by atoms with E-state index in [0.717, 1.165) is 0 Å². The van der Waals surface area contributed by atoms with Crippen LogP contribution in [0, 0.1) is 0 Å². The van der Waals surface area contributed by atoms with Gasteiger partial charge in [-0.25, -0.2) is 0 Å². The lowest BCUT2D eigenvalue weighted by Gasteiger charge is -2.18. The van der Waals surface area contributed by atoms with Crippen LogP contribution in [0.25, 0.3) is 0 Å². The molecule has 15 heavy (non-hydrogen) atoms. The highest BCUT2D eigenvalue weighted by Gasteiger charge is 2.20. The number of methoxy groups -OCH3 is 1. The maximum atomic E-state index is 9.91. The molecule has 1 N–H and O–H groups in total. The number of aliphatic hydroxyl groups is 1. The summed E-state index contributed by atoms with van der Waals surface area (Å²) in [5.41, 5.74) is 0.583. The minimum absolute atomic E-state index is 0.110. The van der Waals surface area contributed by atoms with Crippen LogP contribution in [0.2, 0.25) is 10.0 Å². The normalized spacial score (nSPS) is 14.8. The molecule has 0 heterocycles. The molecule has 0 saturated carbocycles. The molecular formula is C10H11BrCl2O2. The van der Waals surface area contributed by atoms with E-state index in [9.17, 15) is 5.11 Å². The molecule has 0 aromatic heterocycles. The van der Waals surface area contributed by atoms with Crippen molar-refractivity contribution in [3.63, 3.8) is 0 Å². The summed E-state index contributed by atoms with van der Waals surface area (Å²) >= 11 is 15.1. The van der Waals surface area contributed by atoms with Gasteiger partial charge in [0.15, 0.2) is 0 Å². The van der Waals surface area contributed by atoms with Crippen LogP contribution in [0.5, 0.6) is 5.75 Å². The van der Waals surface area contributed by atoms with Gasteiger partial charge in [0.05, 0.1) is 18.2 Å². The van der Waals surface area contributed by atoms with Crippen LogP contribution in [0.4, 0.5) is 0 Å². The van der Waals surface area contributed by atoms with Gasteiger partial charge in [-0.15, -0.1) is 0 Å². The van der Waals surface area contributed by atoms with E-state index in [1.165, 1.54) is 7.11 Å². The van der Waals surface area contributed by atoms with Gasteiger partial charge < -0.3 is 9.84 Å². The van der Waals surface area contributed by atoms with E-state index in [1.54, 1.807) is 12.1 Å². The summed E-state index contributed by atoms with van der Waals surface area (Å²) in [7, 11) is 1.50. The Labute approximate surface area is 107 Å². The molecule has 0 radical (unpaired) electrons. The zero-order chi connectivity index (χ0) is 11.6. The van der Waals surface area contributed by atoms with Gasteiger partial charge in [-0.3, -0.25) is 0 Å². The van der Waals surface area contributed by atoms with Crippen LogP contribution in [0.1, 0.15) is 18.6 Å². The van der Waals surface area contributed by atoms with Crippen molar-refractivity contribution >= 4 is 39.1 Å². The first kappa shape index (κ1) is 13.1. The molecule has 2 unspecified atom stereocenters. The molecule has 0 aliphatic rings. The minimum Gasteiger partial charge on any atom is -0.495 e. The summed E-state index contributed by atoms with van der Waals surface area (Å²) in [6.07, 6.45) is -0.712. The second-order valence-corrected chi connectivity index (χ2v) is 5.42. The fraction of sp³-hybridized carbons (Fsp3) is 0.400. The Morgan fingerprint density at radius 1 is 1.40 bits per heavy atom. The summed E-state index contributed by atoms with van der Waals surface area (Å²) in [6.45, 7) is 1.83. The second kappa shape index (κ2) is 5.39. The van der Waals surface area contributed by atoms with Gasteiger partial charge in [-0.1, -0.05) is 39.1 Å². The first-order valence-corrected chi connectivity index (χ1v) is 5.99. The Balaban J connectivity index is 3.26. The summed E-state index contributed by atoms with van der Waals surface area (Å²) in [5, 5.41) is 10.8. The van der Waals surface area contributed by atoms with Gasteiger partial charge in [-0.05, 0) is 19.1 Å². The number of halogens is 3. The summed E-state index contributed by atoms with van der Waals surface area (Å²) in [5.74, 6) is 0.458. The largest absolute Gasteiger partial charge is 0.495 e. The van der Waals surface area contributed by atoms with E-state index < -0.39 is 6.10 Å². The van der Waals surface area contributed by atoms with Crippen molar-refractivity contribution in [1.82, 2.24) is 0 Å². The standard InChI is InChI=1S/C10H11BrCl2O2/c1-5(11)9(14)7-3-6(12)4-8(13)10(7)15-2/h3-5,9,14H,1-2H3. The maximum absolute atomic E-state index is 9.91. The topological polar surface area (TPSA) is 29.5 Å². The van der Waals surface area contributed by atoms with Crippen LogP contribution in [-0.2, 0) is 0 Å². The minimum atomic E-state index is -0.712. The lowest BCUT2D eigenvalue weighted by atomic mass is 10.1. The molecule has 2 nitrogen and oxygen atoms in total. The predicted molar refractivity (Wildman–Crippen MR) is 66.4 cm³/mol. The van der Waals surface area contributed by atoms with Gasteiger partial charge >= 0.3 is 0 Å². The van der Waals surface area contributed by atoms with Crippen molar-refractivity contribution in [3.8, 4) is 5.75 Å². The molecule has 0 aliphatic carbocycles. The Hall–Kier alpha value is 0.0400. The molecule has 1 aromatic rings. The summed E-state index contributed by atoms with van der Waals surface area (Å²) in [4.78, 5) is -0.110. The molecule has 0 aliphatic heterocycles. The van der Waals surface area contributed by atoms with Crippen molar-refractivity contribution in [2.75, 3.05) is 7.11 Å². The Bertz CT molecular complexity index is 356. The number of aliphatic hydroxyl groups excluding tert-OH is 1. The first-order valence-electron chi connectivity index (χ1n) is 4.32. The quantitative estimate of drug-likeness (QED) is 0.860. The highest BCUT2D eigenvalue weighted by molar-refractivity contribution is 9.09. The monoisotopic (exact) mass is 312 g/mol. The van der Waals surface area contributed by atoms with E-state index in [2.05, 4.69) is 15.9 Å². The number of rotatable bonds is 3. The zero-order valence-corrected chi connectivity index (χ0v) is 11.4. The van der Waals surface area contributed by atoms with Crippen LogP contribution >= 0.6 is 39.1 Å². The summed E-state index contributed by atoms with van der Waals surface area (Å²) < 4.78 is 5.13. The van der Waals surface area contributed by atoms with Crippen molar-refractivity contribution in [3.05, 3.63) is 27.7 Å². The van der Waals surface area contributed by atoms with Crippen molar-refractivity contribution in [2.24, 2.45) is 0 Å². The van der Waals surface area contributed by atoms with E-state index in [0.29, 0.717) is 21.4 Å². The molecule has 0 amide bonds. The SMILES string of the molecule is COc1c(Cl)cc(Cl)cc1C(O)C(C)Br. The Morgan fingerprint density at radius 3 is 2.47 bits per heavy atom. The van der Waals surface area contributed by atoms with Crippen molar-refractivity contribution in [2.45, 2.75) is 17.9 Å². The predicted octanol–water partition coefficient (Wildman–Crippen LogP) is 3.82. The van der Waals surface area contributed by atoms with Gasteiger partial charge in [0.25, 0.3) is 0 Å². The van der Waals surface area contributed by atoms with Crippen LogP contribution < -0.4 is 4.74 Å². The van der Waals surface area contributed by atoms with Gasteiger partial charge in [0.1, 0.15) is 5.75 Å². The number of hydrogen-bond donors (Lipinski definition) is 1. The summed E-state index contributed by atoms with van der Waals surface area (Å²) in [6, 6.07) is 3.23. The fourth-order valence-electron chi connectivity index (χ4n) is 1.26. The first-order chi connectivity index (χ1) is 6.97. The van der Waals surface area contributed by atoms with E-state index in [-0.39, 0.29) is 4.83 Å². The second-order valence-electron chi connectivity index (χ2n) is 3.13. The van der Waals surface area contributed by atoms with E-state index in [4.69, 9.17) is 27.9 Å². The molecule has 1 rings (SSSR count). The Morgan fingerprint density at radius 2 is 2.00 bits per heavy atom. The number of benzene rings is 1. The van der Waals surface area contributed by atoms with Crippen LogP contribution in [0.15, 0.2) is 12.1 Å². The third-order valence-electron chi connectivity index (χ3n) is 1.99. The molecule has 0 saturated heterocycles. The number of ether oxygens (including phenoxy) is 1. The molecule has 5 heteroatoms. The van der Waals surface area contributed by atoms with Gasteiger partial charge in [-0.2, -0.15) is 0 Å². The highest BCUT2D eigenvalue weighted by atomic mass is 79.9. The molecule has 84 valence electrons. The van der Waals surface area contributed by atoms with Crippen molar-refractivity contribution < 1.29 is 9.84 Å². The molecule has 0 spiro atoms. The molecular weight excluding hydrogens is 303 g/mol. The van der Waals surface area contributed by atoms with Gasteiger partial charge in [0, 0.05) is 15.4 Å². The zero-order valence-electron chi connectivity index (χ0n) is 8.30. The van der Waals surface area contributed by atoms with Crippen LogP contribution in [0.3, 0.4) is 0 Å². The maximum Gasteiger partial charge on any atom is 0.143 e. The van der Waals surface area contributed by atoms with E-state index >= 15 is 0 Å². The lowest BCUT2D eigenvalue weighted by molar-refractivity contribution is 0.177.